The number of carbonyl (C=O) groups excluding carboxylic acids is 1. The summed E-state index contributed by atoms with van der Waals surface area (Å²) in [5.74, 6) is -1.49. The smallest absolute Gasteiger partial charge is 0.345 e. The molecule has 0 aliphatic carbocycles. The fourth-order valence-corrected chi connectivity index (χ4v) is 6.28. The number of phenolic OH excluding ortho intramolecular Hbond substituents is 1. The number of H-pyrrole nitrogens is 1. The number of nitrogens with one attached hydrogen (secondary N) is 2. The highest BCUT2D eigenvalue weighted by Crippen LogP contribution is 2.33. The number of rotatable bonds is 11. The highest BCUT2D eigenvalue weighted by atomic mass is 16.4. The molecule has 0 saturated carbocycles. The molecule has 1 aliphatic rings. The maximum absolute atomic E-state index is 13.3. The number of aromatic hydroxyl groups is 1. The number of carbonyl (C=O) groups is 2. The molecule has 5 aromatic rings. The number of hydrogen-bond donors (Lipinski definition) is 6. The second-order valence-corrected chi connectivity index (χ2v) is 12.1. The van der Waals surface area contributed by atoms with Crippen LogP contribution < -0.4 is 10.9 Å². The van der Waals surface area contributed by atoms with Gasteiger partial charge in [0.25, 0.3) is 5.91 Å². The van der Waals surface area contributed by atoms with E-state index in [-0.39, 0.29) is 34.9 Å². The SMILES string of the molecule is O=C(c1ccc(CCNC[C@H](O)c2ccc(O)c3[nH]c(=O)ccc23)cc1)N1CC=C(c2cccc([C@](O)(C(=O)O)c3ccccc3)c2)CC1. The summed E-state index contributed by atoms with van der Waals surface area (Å²) < 4.78 is 0. The fourth-order valence-electron chi connectivity index (χ4n) is 6.28. The predicted molar refractivity (Wildman–Crippen MR) is 186 cm³/mol. The predicted octanol–water partition coefficient (Wildman–Crippen LogP) is 4.35. The van der Waals surface area contributed by atoms with Crippen molar-refractivity contribution < 1.29 is 30.0 Å². The molecule has 49 heavy (non-hydrogen) atoms. The minimum absolute atomic E-state index is 0.0564. The van der Waals surface area contributed by atoms with E-state index >= 15 is 0 Å². The summed E-state index contributed by atoms with van der Waals surface area (Å²) in [5, 5.41) is 45.9. The number of phenols is 1. The van der Waals surface area contributed by atoms with Gasteiger partial charge in [-0.05, 0) is 77.5 Å². The molecule has 6 rings (SSSR count). The van der Waals surface area contributed by atoms with Crippen LogP contribution in [-0.2, 0) is 16.8 Å². The lowest BCUT2D eigenvalue weighted by Crippen LogP contribution is -2.37. The van der Waals surface area contributed by atoms with Gasteiger partial charge in [-0.3, -0.25) is 9.59 Å². The van der Waals surface area contributed by atoms with Crippen molar-refractivity contribution in [2.45, 2.75) is 24.5 Å². The second-order valence-electron chi connectivity index (χ2n) is 12.1. The molecule has 0 fully saturated rings. The number of nitrogens with zero attached hydrogens (tertiary/aromatic N) is 1. The summed E-state index contributed by atoms with van der Waals surface area (Å²) in [6.45, 7) is 1.77. The molecule has 250 valence electrons. The Morgan fingerprint density at radius 1 is 0.918 bits per heavy atom. The summed E-state index contributed by atoms with van der Waals surface area (Å²) in [4.78, 5) is 41.6. The molecular weight excluding hydrogens is 622 g/mol. The average molecular weight is 660 g/mol. The molecule has 1 aliphatic heterocycles. The molecule has 0 radical (unpaired) electrons. The number of aromatic amines is 1. The van der Waals surface area contributed by atoms with E-state index in [4.69, 9.17) is 0 Å². The average Bonchev–Trinajstić information content (AvgIpc) is 3.13. The second kappa shape index (κ2) is 14.3. The first kappa shape index (κ1) is 33.4. The first-order valence-electron chi connectivity index (χ1n) is 16.1. The van der Waals surface area contributed by atoms with Gasteiger partial charge in [0, 0.05) is 42.2 Å². The molecule has 0 unspecified atom stereocenters. The van der Waals surface area contributed by atoms with Crippen LogP contribution in [0.15, 0.2) is 114 Å². The third-order valence-corrected chi connectivity index (χ3v) is 9.04. The standard InChI is InChI=1S/C39H37N3O7/c43-33-15-13-31(32-14-16-35(45)41-36(32)33)34(44)24-40-20-17-25-9-11-27(12-10-25)37(46)42-21-18-26(19-22-42)28-5-4-8-30(23-28)39(49,38(47)48)29-6-2-1-3-7-29/h1-16,18,23,34,40,43-44,49H,17,19-22,24H2,(H,41,45)(H,47,48)/t34-,39-/m0/s1. The van der Waals surface area contributed by atoms with Crippen molar-refractivity contribution >= 4 is 28.4 Å². The van der Waals surface area contributed by atoms with Crippen molar-refractivity contribution in [3.63, 3.8) is 0 Å². The number of carboxylic acid groups (broad SMARTS) is 1. The summed E-state index contributed by atoms with van der Waals surface area (Å²) in [6.07, 6.45) is 2.39. The van der Waals surface area contributed by atoms with Gasteiger partial charge in [-0.1, -0.05) is 72.8 Å². The molecule has 10 nitrogen and oxygen atoms in total. The van der Waals surface area contributed by atoms with Gasteiger partial charge in [-0.15, -0.1) is 0 Å². The van der Waals surface area contributed by atoms with Gasteiger partial charge in [-0.25, -0.2) is 4.79 Å². The van der Waals surface area contributed by atoms with Gasteiger partial charge < -0.3 is 35.6 Å². The van der Waals surface area contributed by atoms with Crippen LogP contribution in [-0.4, -0.2) is 68.4 Å². The van der Waals surface area contributed by atoms with Crippen molar-refractivity contribution in [3.05, 3.63) is 153 Å². The molecule has 2 heterocycles. The third kappa shape index (κ3) is 7.02. The Kier molecular flexibility index (Phi) is 9.72. The van der Waals surface area contributed by atoms with Crippen molar-refractivity contribution in [3.8, 4) is 5.75 Å². The lowest BCUT2D eigenvalue weighted by molar-refractivity contribution is -0.155. The Morgan fingerprint density at radius 3 is 2.39 bits per heavy atom. The quantitative estimate of drug-likeness (QED) is 0.114. The van der Waals surface area contributed by atoms with Crippen LogP contribution in [0.2, 0.25) is 0 Å². The molecule has 1 aromatic heterocycles. The van der Waals surface area contributed by atoms with Crippen LogP contribution in [0, 0.1) is 0 Å². The zero-order valence-corrected chi connectivity index (χ0v) is 26.7. The number of amides is 1. The largest absolute Gasteiger partial charge is 0.506 e. The molecule has 2 atom stereocenters. The van der Waals surface area contributed by atoms with Gasteiger partial charge in [0.05, 0.1) is 11.6 Å². The molecule has 6 N–H and O–H groups in total. The van der Waals surface area contributed by atoms with Crippen LogP contribution in [0.3, 0.4) is 0 Å². The Bertz CT molecular complexity index is 2070. The number of hydrogen-bond acceptors (Lipinski definition) is 7. The van der Waals surface area contributed by atoms with Gasteiger partial charge in [0.15, 0.2) is 0 Å². The van der Waals surface area contributed by atoms with E-state index in [0.29, 0.717) is 54.5 Å². The maximum atomic E-state index is 13.3. The van der Waals surface area contributed by atoms with Crippen molar-refractivity contribution in [2.24, 2.45) is 0 Å². The number of aromatic nitrogens is 1. The van der Waals surface area contributed by atoms with Crippen molar-refractivity contribution in [1.29, 1.82) is 0 Å². The van der Waals surface area contributed by atoms with Crippen LogP contribution in [0.5, 0.6) is 5.75 Å². The Morgan fingerprint density at radius 2 is 1.67 bits per heavy atom. The van der Waals surface area contributed by atoms with Crippen LogP contribution >= 0.6 is 0 Å². The molecular formula is C39H37N3O7. The lowest BCUT2D eigenvalue weighted by Gasteiger charge is -2.28. The number of fused-ring (bicyclic) bond motifs is 1. The molecule has 0 spiro atoms. The minimum Gasteiger partial charge on any atom is -0.506 e. The summed E-state index contributed by atoms with van der Waals surface area (Å²) in [6, 6.07) is 28.8. The molecule has 4 aromatic carbocycles. The third-order valence-electron chi connectivity index (χ3n) is 9.04. The molecule has 0 bridgehead atoms. The molecule has 1 amide bonds. The normalized spacial score (nSPS) is 15.0. The fraction of sp³-hybridized carbons (Fsp3) is 0.205. The Labute approximate surface area is 282 Å². The van der Waals surface area contributed by atoms with Crippen LogP contribution in [0.25, 0.3) is 16.5 Å². The van der Waals surface area contributed by atoms with E-state index in [0.717, 1.165) is 16.7 Å². The van der Waals surface area contributed by atoms with E-state index in [1.807, 2.05) is 36.4 Å². The molecule has 10 heteroatoms. The summed E-state index contributed by atoms with van der Waals surface area (Å²) >= 11 is 0. The van der Waals surface area contributed by atoms with Crippen molar-refractivity contribution in [2.75, 3.05) is 26.2 Å². The van der Waals surface area contributed by atoms with E-state index in [9.17, 15) is 34.8 Å². The maximum Gasteiger partial charge on any atom is 0.345 e. The monoisotopic (exact) mass is 659 g/mol. The minimum atomic E-state index is -2.19. The Balaban J connectivity index is 1.03. The van der Waals surface area contributed by atoms with Gasteiger partial charge in [0.2, 0.25) is 11.2 Å². The van der Waals surface area contributed by atoms with E-state index in [2.05, 4.69) is 10.3 Å². The first-order valence-corrected chi connectivity index (χ1v) is 16.1. The zero-order valence-electron chi connectivity index (χ0n) is 26.7. The first-order chi connectivity index (χ1) is 23.6. The zero-order chi connectivity index (χ0) is 34.5. The van der Waals surface area contributed by atoms with Crippen LogP contribution in [0.4, 0.5) is 0 Å². The lowest BCUT2D eigenvalue weighted by atomic mass is 9.84. The van der Waals surface area contributed by atoms with Crippen molar-refractivity contribution in [1.82, 2.24) is 15.2 Å². The van der Waals surface area contributed by atoms with Crippen LogP contribution in [0.1, 0.15) is 50.7 Å². The Hall–Kier alpha value is -5.55. The highest BCUT2D eigenvalue weighted by Gasteiger charge is 2.40. The highest BCUT2D eigenvalue weighted by molar-refractivity contribution is 5.95. The number of aliphatic hydroxyl groups excluding tert-OH is 1. The summed E-state index contributed by atoms with van der Waals surface area (Å²) in [5.41, 5.74) is 2.30. The number of benzene rings is 4. The number of pyridine rings is 1. The van der Waals surface area contributed by atoms with Gasteiger partial charge in [0.1, 0.15) is 5.75 Å². The van der Waals surface area contributed by atoms with E-state index in [1.54, 1.807) is 65.6 Å². The summed E-state index contributed by atoms with van der Waals surface area (Å²) in [7, 11) is 0. The van der Waals surface area contributed by atoms with Gasteiger partial charge >= 0.3 is 5.97 Å². The number of carboxylic acids is 1. The van der Waals surface area contributed by atoms with E-state index in [1.165, 1.54) is 12.1 Å². The van der Waals surface area contributed by atoms with Gasteiger partial charge in [-0.2, -0.15) is 0 Å². The number of aliphatic carboxylic acids is 1. The van der Waals surface area contributed by atoms with E-state index < -0.39 is 17.7 Å². The molecule has 0 saturated heterocycles. The number of aliphatic hydroxyl groups is 2. The topological polar surface area (TPSA) is 163 Å².